The van der Waals surface area contributed by atoms with Crippen molar-refractivity contribution in [2.24, 2.45) is 0 Å². The van der Waals surface area contributed by atoms with Crippen LogP contribution in [0.25, 0.3) is 21.1 Å². The van der Waals surface area contributed by atoms with Gasteiger partial charge in [-0.1, -0.05) is 43.3 Å². The number of carbonyl (C=O) groups is 1. The van der Waals surface area contributed by atoms with Gasteiger partial charge in [-0.05, 0) is 49.3 Å². The predicted octanol–water partition coefficient (Wildman–Crippen LogP) is 5.23. The molecule has 3 aromatic heterocycles. The number of amides is 1. The highest BCUT2D eigenvalue weighted by molar-refractivity contribution is 7.19. The van der Waals surface area contributed by atoms with Crippen LogP contribution in [0.4, 0.5) is 11.5 Å². The molecule has 198 valence electrons. The van der Waals surface area contributed by atoms with Crippen molar-refractivity contribution in [3.8, 4) is 0 Å². The number of benzene rings is 2. The number of nitrogens with one attached hydrogen (secondary N) is 1. The molecule has 1 amide bonds. The largest absolute Gasteiger partial charge is 0.340 e. The van der Waals surface area contributed by atoms with Crippen LogP contribution < -0.4 is 5.32 Å². The van der Waals surface area contributed by atoms with Crippen LogP contribution in [0.2, 0.25) is 0 Å². The Balaban J connectivity index is 1.21. The summed E-state index contributed by atoms with van der Waals surface area (Å²) in [6.45, 7) is 5.86. The average Bonchev–Trinajstić information content (AvgIpc) is 3.54. The molecule has 1 aliphatic rings. The monoisotopic (exact) mass is 537 g/mol. The summed E-state index contributed by atoms with van der Waals surface area (Å²) < 4.78 is 2.02. The van der Waals surface area contributed by atoms with E-state index in [1.54, 1.807) is 23.7 Å². The van der Waals surface area contributed by atoms with Crippen molar-refractivity contribution >= 4 is 49.9 Å². The maximum absolute atomic E-state index is 12.8. The van der Waals surface area contributed by atoms with Gasteiger partial charge in [0.15, 0.2) is 0 Å². The van der Waals surface area contributed by atoms with E-state index in [0.717, 1.165) is 58.7 Å². The summed E-state index contributed by atoms with van der Waals surface area (Å²) in [4.78, 5) is 28.2. The molecule has 0 fully saturated rings. The first-order valence-electron chi connectivity index (χ1n) is 13.2. The van der Waals surface area contributed by atoms with Gasteiger partial charge < -0.3 is 15.1 Å². The highest BCUT2D eigenvalue weighted by Crippen LogP contribution is 2.38. The van der Waals surface area contributed by atoms with Crippen LogP contribution in [-0.2, 0) is 24.3 Å². The topological polar surface area (TPSA) is 79.2 Å². The molecule has 0 bridgehead atoms. The second-order valence-corrected chi connectivity index (χ2v) is 10.9. The van der Waals surface area contributed by atoms with Crippen LogP contribution in [-0.4, -0.2) is 62.1 Å². The maximum atomic E-state index is 12.8. The van der Waals surface area contributed by atoms with E-state index in [0.29, 0.717) is 13.1 Å². The van der Waals surface area contributed by atoms with Crippen molar-refractivity contribution in [1.29, 1.82) is 0 Å². The number of hydrogen-bond donors (Lipinski definition) is 1. The van der Waals surface area contributed by atoms with E-state index in [4.69, 9.17) is 0 Å². The lowest BCUT2D eigenvalue weighted by Gasteiger charge is -2.26. The van der Waals surface area contributed by atoms with E-state index in [1.807, 2.05) is 35.0 Å². The molecule has 0 saturated carbocycles. The first-order valence-corrected chi connectivity index (χ1v) is 14.1. The number of hydrogen-bond acceptors (Lipinski definition) is 7. The number of nitrogens with zero attached hydrogens (tertiary/aromatic N) is 6. The molecule has 9 heteroatoms. The van der Waals surface area contributed by atoms with Crippen LogP contribution in [0.5, 0.6) is 0 Å². The molecule has 0 radical (unpaired) electrons. The average molecular weight is 538 g/mol. The van der Waals surface area contributed by atoms with Crippen LogP contribution in [0.15, 0.2) is 73.2 Å². The van der Waals surface area contributed by atoms with Gasteiger partial charge in [-0.25, -0.2) is 9.97 Å². The Labute approximate surface area is 231 Å². The Hall–Kier alpha value is -4.08. The Kier molecular flexibility index (Phi) is 7.08. The van der Waals surface area contributed by atoms with Gasteiger partial charge in [0, 0.05) is 35.1 Å². The molecule has 8 nitrogen and oxygen atoms in total. The van der Waals surface area contributed by atoms with Crippen molar-refractivity contribution < 1.29 is 4.79 Å². The fraction of sp³-hybridized carbons (Fsp3) is 0.267. The van der Waals surface area contributed by atoms with Crippen LogP contribution in [0, 0.1) is 0 Å². The first-order chi connectivity index (χ1) is 19.1. The minimum atomic E-state index is 0.0631. The molecule has 0 spiro atoms. The number of likely N-dealkylation sites (N-methyl/N-ethyl adjacent to an activating group) is 1. The molecule has 0 aliphatic carbocycles. The fourth-order valence-corrected chi connectivity index (χ4v) is 6.17. The van der Waals surface area contributed by atoms with Crippen molar-refractivity contribution in [2.75, 3.05) is 32.0 Å². The molecule has 6 rings (SSSR count). The van der Waals surface area contributed by atoms with E-state index >= 15 is 0 Å². The summed E-state index contributed by atoms with van der Waals surface area (Å²) in [5.74, 6) is 0.865. The normalized spacial score (nSPS) is 13.6. The molecule has 5 aromatic rings. The van der Waals surface area contributed by atoms with E-state index < -0.39 is 0 Å². The van der Waals surface area contributed by atoms with E-state index in [9.17, 15) is 4.79 Å². The third kappa shape index (κ3) is 5.28. The second kappa shape index (κ2) is 11.0. The van der Waals surface area contributed by atoms with Gasteiger partial charge in [0.05, 0.1) is 30.2 Å². The van der Waals surface area contributed by atoms with Crippen LogP contribution >= 0.6 is 11.3 Å². The Morgan fingerprint density at radius 3 is 2.90 bits per heavy atom. The second-order valence-electron chi connectivity index (χ2n) is 9.86. The predicted molar refractivity (Wildman–Crippen MR) is 157 cm³/mol. The molecular weight excluding hydrogens is 506 g/mol. The van der Waals surface area contributed by atoms with Gasteiger partial charge in [0.1, 0.15) is 17.0 Å². The zero-order chi connectivity index (χ0) is 26.8. The van der Waals surface area contributed by atoms with Crippen molar-refractivity contribution in [1.82, 2.24) is 29.5 Å². The molecule has 39 heavy (non-hydrogen) atoms. The highest BCUT2D eigenvalue weighted by Gasteiger charge is 2.25. The Morgan fingerprint density at radius 1 is 1.18 bits per heavy atom. The third-order valence-corrected chi connectivity index (χ3v) is 8.37. The molecule has 0 saturated heterocycles. The lowest BCUT2D eigenvalue weighted by molar-refractivity contribution is -0.126. The highest BCUT2D eigenvalue weighted by atomic mass is 32.1. The Morgan fingerprint density at radius 2 is 2.05 bits per heavy atom. The van der Waals surface area contributed by atoms with Gasteiger partial charge in [-0.2, -0.15) is 5.10 Å². The summed E-state index contributed by atoms with van der Waals surface area (Å²) in [5, 5.41) is 10.3. The maximum Gasteiger partial charge on any atom is 0.246 e. The molecule has 1 N–H and O–H groups in total. The number of aromatic nitrogens is 4. The fourth-order valence-electron chi connectivity index (χ4n) is 4.96. The number of rotatable bonds is 8. The van der Waals surface area contributed by atoms with E-state index in [-0.39, 0.29) is 5.91 Å². The summed E-state index contributed by atoms with van der Waals surface area (Å²) in [7, 11) is 2.04. The summed E-state index contributed by atoms with van der Waals surface area (Å²) in [6.07, 6.45) is 7.96. The minimum Gasteiger partial charge on any atom is -0.340 e. The zero-order valence-corrected chi connectivity index (χ0v) is 23.0. The zero-order valence-electron chi connectivity index (χ0n) is 22.2. The molecule has 0 atom stereocenters. The van der Waals surface area contributed by atoms with E-state index in [1.165, 1.54) is 16.0 Å². The number of thiophene rings is 1. The lowest BCUT2D eigenvalue weighted by Crippen LogP contribution is -2.34. The molecular formula is C30H31N7OS. The molecule has 1 aliphatic heterocycles. The smallest absolute Gasteiger partial charge is 0.246 e. The quantitative estimate of drug-likeness (QED) is 0.273. The summed E-state index contributed by atoms with van der Waals surface area (Å²) in [5.41, 5.74) is 4.51. The van der Waals surface area contributed by atoms with Crippen molar-refractivity contribution in [3.05, 3.63) is 89.2 Å². The van der Waals surface area contributed by atoms with Gasteiger partial charge >= 0.3 is 0 Å². The van der Waals surface area contributed by atoms with Crippen LogP contribution in [0.1, 0.15) is 22.9 Å². The first kappa shape index (κ1) is 25.2. The van der Waals surface area contributed by atoms with Crippen molar-refractivity contribution in [3.63, 3.8) is 0 Å². The van der Waals surface area contributed by atoms with Gasteiger partial charge in [-0.3, -0.25) is 9.48 Å². The van der Waals surface area contributed by atoms with Gasteiger partial charge in [0.25, 0.3) is 0 Å². The molecule has 2 aromatic carbocycles. The van der Waals surface area contributed by atoms with Gasteiger partial charge in [0.2, 0.25) is 5.91 Å². The third-order valence-electron chi connectivity index (χ3n) is 7.25. The Bertz CT molecular complexity index is 1660. The number of carbonyl (C=O) groups excluding carboxylic acids is 1. The van der Waals surface area contributed by atoms with Crippen molar-refractivity contribution in [2.45, 2.75) is 26.4 Å². The molecule has 4 heterocycles. The SMILES string of the molecule is CCN(C)CC=CC(=O)N1CCc2c(sc3ncnc(Nc4ccc5c(cnn5Cc5ccccc5)c4)c23)C1. The summed E-state index contributed by atoms with van der Waals surface area (Å²) in [6, 6.07) is 16.6. The lowest BCUT2D eigenvalue weighted by atomic mass is 10.0. The van der Waals surface area contributed by atoms with Crippen LogP contribution in [0.3, 0.4) is 0 Å². The number of fused-ring (bicyclic) bond motifs is 4. The minimum absolute atomic E-state index is 0.0631. The van der Waals surface area contributed by atoms with E-state index in [2.05, 4.69) is 74.7 Å². The standard InChI is InChI=1S/C30H31N7OS/c1-3-35(2)14-7-10-27(38)36-15-13-24-26(19-36)39-30-28(24)29(31-20-32-30)34-23-11-12-25-22(16-23)17-33-37(25)18-21-8-5-4-6-9-21/h4-12,16-17,20H,3,13-15,18-19H2,1-2H3,(H,31,32,34). The number of anilines is 2. The van der Waals surface area contributed by atoms with Gasteiger partial charge in [-0.15, -0.1) is 11.3 Å². The molecule has 0 unspecified atom stereocenters. The summed E-state index contributed by atoms with van der Waals surface area (Å²) >= 11 is 1.65.